The minimum Gasteiger partial charge on any atom is -0.481 e. The summed E-state index contributed by atoms with van der Waals surface area (Å²) in [7, 11) is -5.15. The summed E-state index contributed by atoms with van der Waals surface area (Å²) in [5.41, 5.74) is 0. The van der Waals surface area contributed by atoms with Crippen LogP contribution in [0.5, 0.6) is 0 Å². The minimum absolute atomic E-state index is 0.150. The van der Waals surface area contributed by atoms with Gasteiger partial charge in [-0.3, -0.25) is 14.1 Å². The normalized spacial score (nSPS) is 16.3. The largest absolute Gasteiger partial charge is 0.481 e. The van der Waals surface area contributed by atoms with Crippen molar-refractivity contribution < 1.29 is 32.8 Å². The van der Waals surface area contributed by atoms with E-state index in [1.54, 1.807) is 0 Å². The maximum absolute atomic E-state index is 11.3. The molecular formula is C10H14O7S. The van der Waals surface area contributed by atoms with Crippen molar-refractivity contribution in [2.75, 3.05) is 0 Å². The first-order valence-electron chi connectivity index (χ1n) is 4.79. The smallest absolute Gasteiger partial charge is 0.328 e. The maximum Gasteiger partial charge on any atom is 0.328 e. The van der Waals surface area contributed by atoms with Crippen LogP contribution >= 0.6 is 0 Å². The van der Waals surface area contributed by atoms with Gasteiger partial charge < -0.3 is 10.2 Å². The number of carboxylic acid groups (broad SMARTS) is 2. The van der Waals surface area contributed by atoms with E-state index in [9.17, 15) is 18.0 Å². The van der Waals surface area contributed by atoms with Crippen LogP contribution in [0.2, 0.25) is 0 Å². The lowest BCUT2D eigenvalue weighted by Gasteiger charge is -2.30. The first-order chi connectivity index (χ1) is 8.13. The molecule has 0 aliphatic heterocycles. The summed E-state index contributed by atoms with van der Waals surface area (Å²) in [6.07, 6.45) is 0.776. The molecule has 2 atom stereocenters. The molecule has 0 radical (unpaired) electrons. The SMILES string of the molecule is C=CCC(C=C)C(CC(=O)O)(C(=O)O)S(=O)(=O)O. The summed E-state index contributed by atoms with van der Waals surface area (Å²) >= 11 is 0. The van der Waals surface area contributed by atoms with Crippen LogP contribution in [0.25, 0.3) is 0 Å². The third-order valence-electron chi connectivity index (χ3n) is 2.54. The van der Waals surface area contributed by atoms with Gasteiger partial charge in [-0.25, -0.2) is 0 Å². The fourth-order valence-corrected chi connectivity index (χ4v) is 2.74. The molecule has 0 aliphatic rings. The molecule has 0 aromatic carbocycles. The second-order valence-corrected chi connectivity index (χ2v) is 5.29. The number of hydrogen-bond acceptors (Lipinski definition) is 4. The molecule has 0 saturated carbocycles. The molecule has 0 aromatic heterocycles. The average Bonchev–Trinajstić information content (AvgIpc) is 2.20. The predicted molar refractivity (Wildman–Crippen MR) is 62.7 cm³/mol. The summed E-state index contributed by atoms with van der Waals surface area (Å²) < 4.78 is 28.9. The third-order valence-corrected chi connectivity index (χ3v) is 4.08. The second-order valence-electron chi connectivity index (χ2n) is 3.61. The van der Waals surface area contributed by atoms with Crippen LogP contribution in [0.3, 0.4) is 0 Å². The summed E-state index contributed by atoms with van der Waals surface area (Å²) in [6, 6.07) is 0. The van der Waals surface area contributed by atoms with E-state index >= 15 is 0 Å². The molecule has 0 rings (SSSR count). The Kier molecular flexibility index (Phi) is 5.25. The van der Waals surface area contributed by atoms with Gasteiger partial charge in [-0.2, -0.15) is 8.42 Å². The number of carboxylic acids is 2. The monoisotopic (exact) mass is 278 g/mol. The van der Waals surface area contributed by atoms with Gasteiger partial charge in [0, 0.05) is 5.92 Å². The Bertz CT molecular complexity index is 465. The maximum atomic E-state index is 11.3. The zero-order valence-corrected chi connectivity index (χ0v) is 10.3. The molecular weight excluding hydrogens is 264 g/mol. The standard InChI is InChI=1S/C10H14O7S/c1-3-5-7(4-2)10(9(13)14,6-8(11)12)18(15,16)17/h3-4,7H,1-2,5-6H2,(H,11,12)(H,13,14)(H,15,16,17). The molecule has 0 bridgehead atoms. The lowest BCUT2D eigenvalue weighted by atomic mass is 9.86. The predicted octanol–water partition coefficient (Wildman–Crippen LogP) is 0.551. The lowest BCUT2D eigenvalue weighted by Crippen LogP contribution is -2.53. The van der Waals surface area contributed by atoms with E-state index in [2.05, 4.69) is 13.2 Å². The fraction of sp³-hybridized carbons (Fsp3) is 0.400. The van der Waals surface area contributed by atoms with E-state index in [-0.39, 0.29) is 6.42 Å². The molecule has 18 heavy (non-hydrogen) atoms. The molecule has 3 N–H and O–H groups in total. The van der Waals surface area contributed by atoms with Gasteiger partial charge in [0.25, 0.3) is 10.1 Å². The molecule has 0 amide bonds. The van der Waals surface area contributed by atoms with Gasteiger partial charge in [-0.05, 0) is 6.42 Å². The van der Waals surface area contributed by atoms with E-state index in [1.165, 1.54) is 6.08 Å². The highest BCUT2D eigenvalue weighted by atomic mass is 32.2. The van der Waals surface area contributed by atoms with Crippen LogP contribution in [0, 0.1) is 5.92 Å². The van der Waals surface area contributed by atoms with Crippen molar-refractivity contribution in [1.29, 1.82) is 0 Å². The molecule has 0 spiro atoms. The zero-order chi connectivity index (χ0) is 14.6. The third kappa shape index (κ3) is 2.96. The van der Waals surface area contributed by atoms with Gasteiger partial charge in [-0.15, -0.1) is 13.2 Å². The second kappa shape index (κ2) is 5.78. The highest BCUT2D eigenvalue weighted by Gasteiger charge is 2.56. The molecule has 102 valence electrons. The van der Waals surface area contributed by atoms with Crippen molar-refractivity contribution in [2.24, 2.45) is 5.92 Å². The van der Waals surface area contributed by atoms with Gasteiger partial charge >= 0.3 is 11.9 Å². The first-order valence-corrected chi connectivity index (χ1v) is 6.23. The topological polar surface area (TPSA) is 129 Å². The van der Waals surface area contributed by atoms with Crippen molar-refractivity contribution in [1.82, 2.24) is 0 Å². The first kappa shape index (κ1) is 16.3. The Morgan fingerprint density at radius 2 is 1.78 bits per heavy atom. The quantitative estimate of drug-likeness (QED) is 0.436. The molecule has 0 aliphatic carbocycles. The summed E-state index contributed by atoms with van der Waals surface area (Å²) in [4.78, 5) is 21.9. The Morgan fingerprint density at radius 3 is 2.00 bits per heavy atom. The van der Waals surface area contributed by atoms with Crippen LogP contribution in [-0.2, 0) is 19.7 Å². The average molecular weight is 278 g/mol. The van der Waals surface area contributed by atoms with E-state index in [1.807, 2.05) is 0 Å². The van der Waals surface area contributed by atoms with Gasteiger partial charge in [-0.1, -0.05) is 12.2 Å². The molecule has 0 aromatic rings. The van der Waals surface area contributed by atoms with Gasteiger partial charge in [0.2, 0.25) is 4.75 Å². The summed E-state index contributed by atoms with van der Waals surface area (Å²) in [5, 5.41) is 17.7. The minimum atomic E-state index is -5.15. The molecule has 7 nitrogen and oxygen atoms in total. The van der Waals surface area contributed by atoms with Crippen LogP contribution in [0.4, 0.5) is 0 Å². The molecule has 0 heterocycles. The van der Waals surface area contributed by atoms with Gasteiger partial charge in [0.15, 0.2) is 0 Å². The van der Waals surface area contributed by atoms with Crippen molar-refractivity contribution in [3.05, 3.63) is 25.3 Å². The Balaban J connectivity index is 6.06. The van der Waals surface area contributed by atoms with E-state index in [0.717, 1.165) is 6.08 Å². The lowest BCUT2D eigenvalue weighted by molar-refractivity contribution is -0.148. The number of rotatable bonds is 8. The number of hydrogen-bond donors (Lipinski definition) is 3. The Morgan fingerprint density at radius 1 is 1.28 bits per heavy atom. The Hall–Kier alpha value is -1.67. The summed E-state index contributed by atoms with van der Waals surface area (Å²) in [5.74, 6) is -4.91. The van der Waals surface area contributed by atoms with E-state index < -0.39 is 39.1 Å². The van der Waals surface area contributed by atoms with Crippen LogP contribution in [-0.4, -0.2) is 39.9 Å². The highest BCUT2D eigenvalue weighted by molar-refractivity contribution is 7.88. The van der Waals surface area contributed by atoms with E-state index in [0.29, 0.717) is 0 Å². The van der Waals surface area contributed by atoms with Crippen LogP contribution in [0.15, 0.2) is 25.3 Å². The zero-order valence-electron chi connectivity index (χ0n) is 9.44. The molecule has 0 saturated heterocycles. The highest BCUT2D eigenvalue weighted by Crippen LogP contribution is 2.34. The molecule has 8 heteroatoms. The summed E-state index contributed by atoms with van der Waals surface area (Å²) in [6.45, 7) is 6.59. The van der Waals surface area contributed by atoms with Crippen molar-refractivity contribution in [3.8, 4) is 0 Å². The number of aliphatic carboxylic acids is 2. The fourth-order valence-electron chi connectivity index (χ4n) is 1.64. The Labute approximate surface area is 104 Å². The number of allylic oxidation sites excluding steroid dienone is 2. The molecule has 0 fully saturated rings. The van der Waals surface area contributed by atoms with Gasteiger partial charge in [0.1, 0.15) is 0 Å². The van der Waals surface area contributed by atoms with Crippen molar-refractivity contribution in [3.63, 3.8) is 0 Å². The van der Waals surface area contributed by atoms with Crippen LogP contribution < -0.4 is 0 Å². The van der Waals surface area contributed by atoms with Crippen LogP contribution in [0.1, 0.15) is 12.8 Å². The van der Waals surface area contributed by atoms with Crippen molar-refractivity contribution in [2.45, 2.75) is 17.6 Å². The number of carbonyl (C=O) groups is 2. The van der Waals surface area contributed by atoms with E-state index in [4.69, 9.17) is 14.8 Å². The van der Waals surface area contributed by atoms with Crippen molar-refractivity contribution >= 4 is 22.1 Å². The van der Waals surface area contributed by atoms with Gasteiger partial charge in [0.05, 0.1) is 6.42 Å². The molecule has 2 unspecified atom stereocenters.